The van der Waals surface area contributed by atoms with Crippen LogP contribution in [0.15, 0.2) is 28.7 Å². The molecule has 4 heteroatoms. The Labute approximate surface area is 122 Å². The Morgan fingerprint density at radius 1 is 1.42 bits per heavy atom. The minimum Gasteiger partial charge on any atom is -0.299 e. The fourth-order valence-corrected chi connectivity index (χ4v) is 3.13. The summed E-state index contributed by atoms with van der Waals surface area (Å²) in [6.07, 6.45) is 2.29. The molecule has 0 radical (unpaired) electrons. The molecule has 0 spiro atoms. The van der Waals surface area contributed by atoms with Crippen LogP contribution in [0.2, 0.25) is 0 Å². The highest BCUT2D eigenvalue weighted by molar-refractivity contribution is 9.10. The van der Waals surface area contributed by atoms with E-state index in [2.05, 4.69) is 56.2 Å². The molecular formula is C15H18BrN3. The zero-order valence-corrected chi connectivity index (χ0v) is 12.7. The second-order valence-electron chi connectivity index (χ2n) is 5.07. The Bertz CT molecular complexity index is 577. The van der Waals surface area contributed by atoms with Gasteiger partial charge < -0.3 is 0 Å². The van der Waals surface area contributed by atoms with Crippen molar-refractivity contribution in [2.45, 2.75) is 26.3 Å². The van der Waals surface area contributed by atoms with E-state index < -0.39 is 0 Å². The van der Waals surface area contributed by atoms with E-state index in [9.17, 15) is 0 Å². The molecule has 0 aliphatic carbocycles. The van der Waals surface area contributed by atoms with Gasteiger partial charge in [-0.2, -0.15) is 5.10 Å². The molecular weight excluding hydrogens is 302 g/mol. The second-order valence-corrected chi connectivity index (χ2v) is 5.98. The number of hydrogen-bond donors (Lipinski definition) is 1. The van der Waals surface area contributed by atoms with E-state index in [0.717, 1.165) is 29.7 Å². The number of fused-ring (bicyclic) bond motifs is 1. The maximum absolute atomic E-state index is 4.53. The Balaban J connectivity index is 1.95. The monoisotopic (exact) mass is 319 g/mol. The molecule has 1 aromatic heterocycles. The number of aromatic nitrogens is 2. The average Bonchev–Trinajstić information content (AvgIpc) is 2.82. The molecule has 0 atom stereocenters. The molecule has 2 heterocycles. The van der Waals surface area contributed by atoms with Crippen LogP contribution in [0, 0.1) is 0 Å². The number of benzene rings is 1. The molecule has 100 valence electrons. The number of halogens is 1. The van der Waals surface area contributed by atoms with E-state index in [0.29, 0.717) is 0 Å². The van der Waals surface area contributed by atoms with Crippen LogP contribution in [0.3, 0.4) is 0 Å². The van der Waals surface area contributed by atoms with Gasteiger partial charge in [-0.25, -0.2) is 0 Å². The number of nitrogens with zero attached hydrogens (tertiary/aromatic N) is 2. The molecule has 1 aliphatic rings. The molecule has 3 nitrogen and oxygen atoms in total. The summed E-state index contributed by atoms with van der Waals surface area (Å²) >= 11 is 3.53. The lowest BCUT2D eigenvalue weighted by atomic mass is 10.0. The highest BCUT2D eigenvalue weighted by Crippen LogP contribution is 2.29. The van der Waals surface area contributed by atoms with Gasteiger partial charge in [0.2, 0.25) is 0 Å². The van der Waals surface area contributed by atoms with Gasteiger partial charge in [0, 0.05) is 40.8 Å². The SMILES string of the molecule is CCCN1CCc2[nH]nc(-c3cccc(Br)c3)c2C1. The lowest BCUT2D eigenvalue weighted by Crippen LogP contribution is -2.31. The third-order valence-corrected chi connectivity index (χ3v) is 4.14. The van der Waals surface area contributed by atoms with Gasteiger partial charge in [-0.05, 0) is 25.1 Å². The minimum atomic E-state index is 1.02. The number of hydrogen-bond acceptors (Lipinski definition) is 2. The summed E-state index contributed by atoms with van der Waals surface area (Å²) in [7, 11) is 0. The lowest BCUT2D eigenvalue weighted by molar-refractivity contribution is 0.254. The molecule has 1 aromatic carbocycles. The van der Waals surface area contributed by atoms with Crippen LogP contribution in [-0.2, 0) is 13.0 Å². The van der Waals surface area contributed by atoms with Crippen molar-refractivity contribution in [2.75, 3.05) is 13.1 Å². The first-order valence-electron chi connectivity index (χ1n) is 6.82. The molecule has 0 fully saturated rings. The molecule has 2 aromatic rings. The number of rotatable bonds is 3. The maximum atomic E-state index is 4.53. The predicted molar refractivity (Wildman–Crippen MR) is 81.0 cm³/mol. The second kappa shape index (κ2) is 5.47. The summed E-state index contributed by atoms with van der Waals surface area (Å²) in [5.41, 5.74) is 4.97. The third kappa shape index (κ3) is 2.60. The first-order valence-corrected chi connectivity index (χ1v) is 7.61. The van der Waals surface area contributed by atoms with Gasteiger partial charge >= 0.3 is 0 Å². The quantitative estimate of drug-likeness (QED) is 0.937. The highest BCUT2D eigenvalue weighted by atomic mass is 79.9. The van der Waals surface area contributed by atoms with Crippen LogP contribution in [0.1, 0.15) is 24.6 Å². The van der Waals surface area contributed by atoms with Gasteiger partial charge in [0.15, 0.2) is 0 Å². The van der Waals surface area contributed by atoms with Gasteiger partial charge in [0.05, 0.1) is 5.69 Å². The summed E-state index contributed by atoms with van der Waals surface area (Å²) in [6.45, 7) is 5.56. The van der Waals surface area contributed by atoms with Crippen molar-refractivity contribution in [2.24, 2.45) is 0 Å². The number of nitrogens with one attached hydrogen (secondary N) is 1. The summed E-state index contributed by atoms with van der Waals surface area (Å²) < 4.78 is 1.10. The molecule has 0 saturated heterocycles. The van der Waals surface area contributed by atoms with E-state index in [-0.39, 0.29) is 0 Å². The Morgan fingerprint density at radius 2 is 2.32 bits per heavy atom. The van der Waals surface area contributed by atoms with Crippen LogP contribution in [0.25, 0.3) is 11.3 Å². The zero-order valence-electron chi connectivity index (χ0n) is 11.1. The largest absolute Gasteiger partial charge is 0.299 e. The van der Waals surface area contributed by atoms with Crippen LogP contribution in [-0.4, -0.2) is 28.2 Å². The normalized spacial score (nSPS) is 15.5. The first-order chi connectivity index (χ1) is 9.28. The predicted octanol–water partition coefficient (Wildman–Crippen LogP) is 3.61. The summed E-state index contributed by atoms with van der Waals surface area (Å²) in [5.74, 6) is 0. The number of H-pyrrole nitrogens is 1. The van der Waals surface area contributed by atoms with E-state index in [1.54, 1.807) is 0 Å². The molecule has 0 unspecified atom stereocenters. The Morgan fingerprint density at radius 3 is 3.11 bits per heavy atom. The maximum Gasteiger partial charge on any atom is 0.0969 e. The van der Waals surface area contributed by atoms with Crippen molar-refractivity contribution in [3.05, 3.63) is 40.0 Å². The Kier molecular flexibility index (Phi) is 3.71. The van der Waals surface area contributed by atoms with Crippen LogP contribution in [0.5, 0.6) is 0 Å². The lowest BCUT2D eigenvalue weighted by Gasteiger charge is -2.26. The van der Waals surface area contributed by atoms with Gasteiger partial charge in [-0.15, -0.1) is 0 Å². The smallest absolute Gasteiger partial charge is 0.0969 e. The third-order valence-electron chi connectivity index (χ3n) is 3.65. The molecule has 3 rings (SSSR count). The van der Waals surface area contributed by atoms with E-state index in [1.165, 1.54) is 29.8 Å². The van der Waals surface area contributed by atoms with Crippen molar-refractivity contribution >= 4 is 15.9 Å². The van der Waals surface area contributed by atoms with Crippen molar-refractivity contribution in [3.63, 3.8) is 0 Å². The molecule has 0 amide bonds. The van der Waals surface area contributed by atoms with Crippen molar-refractivity contribution in [3.8, 4) is 11.3 Å². The first kappa shape index (κ1) is 12.9. The molecule has 0 saturated carbocycles. The highest BCUT2D eigenvalue weighted by Gasteiger charge is 2.22. The molecule has 0 bridgehead atoms. The van der Waals surface area contributed by atoms with E-state index >= 15 is 0 Å². The zero-order chi connectivity index (χ0) is 13.2. The Hall–Kier alpha value is -1.13. The van der Waals surface area contributed by atoms with Gasteiger partial charge in [-0.3, -0.25) is 10.00 Å². The molecule has 1 N–H and O–H groups in total. The fraction of sp³-hybridized carbons (Fsp3) is 0.400. The van der Waals surface area contributed by atoms with Crippen molar-refractivity contribution in [1.82, 2.24) is 15.1 Å². The standard InChI is InChI=1S/C15H18BrN3/c1-2-7-19-8-6-14-13(10-19)15(18-17-14)11-4-3-5-12(16)9-11/h3-5,9H,2,6-8,10H2,1H3,(H,17,18). The molecule has 19 heavy (non-hydrogen) atoms. The van der Waals surface area contributed by atoms with E-state index in [1.807, 2.05) is 6.07 Å². The fourth-order valence-electron chi connectivity index (χ4n) is 2.73. The van der Waals surface area contributed by atoms with Crippen LogP contribution >= 0.6 is 15.9 Å². The minimum absolute atomic E-state index is 1.02. The van der Waals surface area contributed by atoms with Gasteiger partial charge in [0.25, 0.3) is 0 Å². The summed E-state index contributed by atoms with van der Waals surface area (Å²) in [4.78, 5) is 2.51. The summed E-state index contributed by atoms with van der Waals surface area (Å²) in [6, 6.07) is 8.37. The molecule has 1 aliphatic heterocycles. The van der Waals surface area contributed by atoms with Crippen molar-refractivity contribution in [1.29, 1.82) is 0 Å². The van der Waals surface area contributed by atoms with Gasteiger partial charge in [0.1, 0.15) is 0 Å². The topological polar surface area (TPSA) is 31.9 Å². The average molecular weight is 320 g/mol. The van der Waals surface area contributed by atoms with Crippen LogP contribution in [0.4, 0.5) is 0 Å². The number of aromatic amines is 1. The summed E-state index contributed by atoms with van der Waals surface area (Å²) in [5, 5.41) is 7.75. The van der Waals surface area contributed by atoms with Crippen molar-refractivity contribution < 1.29 is 0 Å². The van der Waals surface area contributed by atoms with Gasteiger partial charge in [-0.1, -0.05) is 35.0 Å². The van der Waals surface area contributed by atoms with E-state index in [4.69, 9.17) is 0 Å². The van der Waals surface area contributed by atoms with Crippen LogP contribution < -0.4 is 0 Å².